The number of fused-ring (bicyclic) bond motifs is 1. The van der Waals surface area contributed by atoms with Crippen LogP contribution in [0.1, 0.15) is 56.3 Å². The molecule has 0 bridgehead atoms. The maximum Gasteiger partial charge on any atom is 0.416 e. The minimum Gasteiger partial charge on any atom is -0.380 e. The monoisotopic (exact) mass is 605 g/mol. The van der Waals surface area contributed by atoms with Gasteiger partial charge in [-0.3, -0.25) is 14.2 Å². The lowest BCUT2D eigenvalue weighted by atomic mass is 10.1. The Morgan fingerprint density at radius 2 is 1.70 bits per heavy atom. The summed E-state index contributed by atoms with van der Waals surface area (Å²) in [5, 5.41) is 10.3. The zero-order valence-electron chi connectivity index (χ0n) is 25.0. The van der Waals surface area contributed by atoms with E-state index in [9.17, 15) is 27.9 Å². The Morgan fingerprint density at radius 1 is 1.05 bits per heavy atom. The van der Waals surface area contributed by atoms with Gasteiger partial charge in [0.25, 0.3) is 5.56 Å². The maximum atomic E-state index is 13.9. The van der Waals surface area contributed by atoms with Crippen molar-refractivity contribution in [3.8, 4) is 17.5 Å². The third-order valence-corrected chi connectivity index (χ3v) is 6.92. The first-order chi connectivity index (χ1) is 20.8. The SMILES string of the molecule is CCOCCN(C(=O)Cc1ccc(C(F)(F)F)cc1)[C@H](C)c1nc2ccccc2c(=O)n1-c1ccc(C#CC(C)(C)O)cc1. The molecule has 0 radical (unpaired) electrons. The highest BCUT2D eigenvalue weighted by Crippen LogP contribution is 2.29. The van der Waals surface area contributed by atoms with Crippen LogP contribution in [0, 0.1) is 11.8 Å². The fraction of sp³-hybridized carbons (Fsp3) is 0.324. The van der Waals surface area contributed by atoms with Crippen LogP contribution in [0.5, 0.6) is 0 Å². The largest absolute Gasteiger partial charge is 0.416 e. The quantitative estimate of drug-likeness (QED) is 0.196. The summed E-state index contributed by atoms with van der Waals surface area (Å²) in [6.45, 7) is 7.56. The van der Waals surface area contributed by atoms with Crippen LogP contribution in [0.2, 0.25) is 0 Å². The Kier molecular flexibility index (Phi) is 9.92. The third-order valence-electron chi connectivity index (χ3n) is 6.92. The lowest BCUT2D eigenvalue weighted by Gasteiger charge is -2.30. The topological polar surface area (TPSA) is 84.7 Å². The lowest BCUT2D eigenvalue weighted by molar-refractivity contribution is -0.137. The summed E-state index contributed by atoms with van der Waals surface area (Å²) in [5.41, 5.74) is -0.268. The fourth-order valence-electron chi connectivity index (χ4n) is 4.67. The molecule has 0 saturated carbocycles. The van der Waals surface area contributed by atoms with Crippen LogP contribution >= 0.6 is 0 Å². The molecule has 4 rings (SSSR count). The van der Waals surface area contributed by atoms with Gasteiger partial charge < -0.3 is 14.7 Å². The molecule has 4 aromatic rings. The van der Waals surface area contributed by atoms with Crippen LogP contribution in [0.15, 0.2) is 77.6 Å². The maximum absolute atomic E-state index is 13.9. The average Bonchev–Trinajstić information content (AvgIpc) is 2.98. The van der Waals surface area contributed by atoms with Crippen LogP contribution < -0.4 is 5.56 Å². The van der Waals surface area contributed by atoms with E-state index in [4.69, 9.17) is 9.72 Å². The predicted octanol–water partition coefficient (Wildman–Crippen LogP) is 5.70. The highest BCUT2D eigenvalue weighted by atomic mass is 19.4. The number of nitrogens with zero attached hydrogens (tertiary/aromatic N) is 3. The average molecular weight is 606 g/mol. The summed E-state index contributed by atoms with van der Waals surface area (Å²) in [6, 6.07) is 17.6. The van der Waals surface area contributed by atoms with Crippen LogP contribution in [-0.4, -0.2) is 50.8 Å². The van der Waals surface area contributed by atoms with Crippen molar-refractivity contribution in [1.29, 1.82) is 0 Å². The molecule has 1 atom stereocenters. The first kappa shape index (κ1) is 32.5. The summed E-state index contributed by atoms with van der Waals surface area (Å²) in [6.07, 6.45) is -4.63. The summed E-state index contributed by atoms with van der Waals surface area (Å²) < 4.78 is 46.2. The molecule has 1 aromatic heterocycles. The minimum absolute atomic E-state index is 0.152. The zero-order chi connectivity index (χ0) is 32.1. The van der Waals surface area contributed by atoms with Crippen LogP contribution in [-0.2, 0) is 22.1 Å². The molecule has 44 heavy (non-hydrogen) atoms. The second-order valence-corrected chi connectivity index (χ2v) is 10.8. The number of aromatic nitrogens is 2. The number of para-hydroxylation sites is 1. The number of rotatable bonds is 9. The molecule has 0 saturated heterocycles. The van der Waals surface area contributed by atoms with Gasteiger partial charge in [0.1, 0.15) is 11.4 Å². The summed E-state index contributed by atoms with van der Waals surface area (Å²) in [7, 11) is 0. The molecule has 0 fully saturated rings. The van der Waals surface area contributed by atoms with E-state index in [0.717, 1.165) is 12.1 Å². The number of hydrogen-bond donors (Lipinski definition) is 1. The summed E-state index contributed by atoms with van der Waals surface area (Å²) >= 11 is 0. The number of aliphatic hydroxyl groups is 1. The Hall–Kier alpha value is -4.46. The second-order valence-electron chi connectivity index (χ2n) is 10.8. The van der Waals surface area contributed by atoms with Gasteiger partial charge in [0.05, 0.1) is 41.2 Å². The molecule has 230 valence electrons. The molecular formula is C34H34F3N3O4. The van der Waals surface area contributed by atoms with Crippen molar-refractivity contribution in [2.24, 2.45) is 0 Å². The number of carbonyl (C=O) groups excluding carboxylic acids is 1. The Bertz CT molecular complexity index is 1730. The van der Waals surface area contributed by atoms with E-state index < -0.39 is 23.4 Å². The van der Waals surface area contributed by atoms with E-state index in [2.05, 4.69) is 11.8 Å². The van der Waals surface area contributed by atoms with Gasteiger partial charge in [0, 0.05) is 18.7 Å². The first-order valence-electron chi connectivity index (χ1n) is 14.2. The number of carbonyl (C=O) groups is 1. The van der Waals surface area contributed by atoms with E-state index in [-0.39, 0.29) is 31.0 Å². The van der Waals surface area contributed by atoms with Crippen LogP contribution in [0.3, 0.4) is 0 Å². The van der Waals surface area contributed by atoms with Gasteiger partial charge >= 0.3 is 6.18 Å². The summed E-state index contributed by atoms with van der Waals surface area (Å²) in [5.74, 6) is 5.62. The molecule has 1 N–H and O–H groups in total. The van der Waals surface area contributed by atoms with Gasteiger partial charge in [0.15, 0.2) is 0 Å². The minimum atomic E-state index is -4.48. The molecule has 0 spiro atoms. The van der Waals surface area contributed by atoms with E-state index >= 15 is 0 Å². The molecular weight excluding hydrogens is 571 g/mol. The highest BCUT2D eigenvalue weighted by Gasteiger charge is 2.31. The van der Waals surface area contributed by atoms with Crippen molar-refractivity contribution in [3.05, 3.63) is 106 Å². The Labute approximate surface area is 253 Å². The fourth-order valence-corrected chi connectivity index (χ4v) is 4.67. The first-order valence-corrected chi connectivity index (χ1v) is 14.2. The van der Waals surface area contributed by atoms with Crippen molar-refractivity contribution in [3.63, 3.8) is 0 Å². The molecule has 0 aliphatic carbocycles. The molecule has 10 heteroatoms. The molecule has 7 nitrogen and oxygen atoms in total. The Morgan fingerprint density at radius 3 is 2.32 bits per heavy atom. The molecule has 3 aromatic carbocycles. The number of hydrogen-bond acceptors (Lipinski definition) is 5. The van der Waals surface area contributed by atoms with Crippen molar-refractivity contribution >= 4 is 16.8 Å². The van der Waals surface area contributed by atoms with Crippen molar-refractivity contribution in [2.75, 3.05) is 19.8 Å². The van der Waals surface area contributed by atoms with Gasteiger partial charge in [-0.1, -0.05) is 36.1 Å². The van der Waals surface area contributed by atoms with Gasteiger partial charge in [-0.15, -0.1) is 0 Å². The second kappa shape index (κ2) is 13.5. The molecule has 1 amide bonds. The number of amides is 1. The van der Waals surface area contributed by atoms with Crippen molar-refractivity contribution in [2.45, 2.75) is 51.9 Å². The number of halogens is 3. The Balaban J connectivity index is 1.76. The third kappa shape index (κ3) is 7.92. The summed E-state index contributed by atoms with van der Waals surface area (Å²) in [4.78, 5) is 33.9. The van der Waals surface area contributed by atoms with Gasteiger partial charge in [-0.05, 0) is 81.8 Å². The molecule has 1 heterocycles. The highest BCUT2D eigenvalue weighted by molar-refractivity contribution is 5.80. The van der Waals surface area contributed by atoms with E-state index in [0.29, 0.717) is 40.1 Å². The number of alkyl halides is 3. The van der Waals surface area contributed by atoms with Crippen LogP contribution in [0.4, 0.5) is 13.2 Å². The molecule has 0 aliphatic rings. The predicted molar refractivity (Wildman–Crippen MR) is 162 cm³/mol. The normalized spacial score (nSPS) is 12.5. The number of benzene rings is 3. The van der Waals surface area contributed by atoms with Gasteiger partial charge in [-0.2, -0.15) is 13.2 Å². The lowest BCUT2D eigenvalue weighted by Crippen LogP contribution is -2.40. The standard InChI is InChI=1S/C34H34F3N3O4/c1-5-44-21-20-39(30(41)22-25-10-14-26(15-11-25)34(35,36)37)23(2)31-38-29-9-7-6-8-28(29)32(42)40(31)27-16-12-24(13-17-27)18-19-33(3,4)43/h6-17,23,43H,5,20-22H2,1-4H3/t23-/m1/s1. The van der Waals surface area contributed by atoms with E-state index in [1.807, 2.05) is 6.92 Å². The van der Waals surface area contributed by atoms with E-state index in [1.54, 1.807) is 69.3 Å². The van der Waals surface area contributed by atoms with Crippen LogP contribution in [0.25, 0.3) is 16.6 Å². The smallest absolute Gasteiger partial charge is 0.380 e. The van der Waals surface area contributed by atoms with Crippen molar-refractivity contribution in [1.82, 2.24) is 14.5 Å². The van der Waals surface area contributed by atoms with E-state index in [1.165, 1.54) is 21.6 Å². The van der Waals surface area contributed by atoms with Gasteiger partial charge in [-0.25, -0.2) is 4.98 Å². The molecule has 0 unspecified atom stereocenters. The molecule has 0 aliphatic heterocycles. The van der Waals surface area contributed by atoms with Gasteiger partial charge in [0.2, 0.25) is 5.91 Å². The number of ether oxygens (including phenoxy) is 1. The zero-order valence-corrected chi connectivity index (χ0v) is 25.0. The van der Waals surface area contributed by atoms with Crippen molar-refractivity contribution < 1.29 is 27.8 Å².